The molecular weight excluding hydrogens is 767 g/mol. The van der Waals surface area contributed by atoms with E-state index in [0.29, 0.717) is 71.6 Å². The smallest absolute Gasteiger partial charge is 0.407 e. The molecule has 15 heteroatoms. The van der Waals surface area contributed by atoms with Gasteiger partial charge in [-0.1, -0.05) is 48.5 Å². The number of ether oxygens (including phenoxy) is 4. The molecule has 2 aromatic carbocycles. The lowest BCUT2D eigenvalue weighted by molar-refractivity contribution is -0.137. The number of amides is 4. The van der Waals surface area contributed by atoms with Crippen molar-refractivity contribution in [3.05, 3.63) is 72.3 Å². The maximum atomic E-state index is 14.0. The van der Waals surface area contributed by atoms with Crippen molar-refractivity contribution < 1.29 is 38.1 Å². The number of likely N-dealkylation sites (tertiary alicyclic amines) is 2. The van der Waals surface area contributed by atoms with Crippen LogP contribution in [0.3, 0.4) is 0 Å². The maximum Gasteiger partial charge on any atom is 0.407 e. The number of methoxy groups -OCH3 is 2. The highest BCUT2D eigenvalue weighted by molar-refractivity contribution is 6.04. The average molecular weight is 822 g/mol. The van der Waals surface area contributed by atoms with Crippen molar-refractivity contribution in [3.63, 3.8) is 0 Å². The number of aliphatic imine (C=N–C) groups is 1. The van der Waals surface area contributed by atoms with Crippen LogP contribution in [0, 0.1) is 11.8 Å². The van der Waals surface area contributed by atoms with Crippen molar-refractivity contribution in [2.24, 2.45) is 16.8 Å². The van der Waals surface area contributed by atoms with Gasteiger partial charge >= 0.3 is 12.2 Å². The van der Waals surface area contributed by atoms with E-state index in [2.05, 4.69) is 64.1 Å². The van der Waals surface area contributed by atoms with E-state index in [1.54, 1.807) is 0 Å². The summed E-state index contributed by atoms with van der Waals surface area (Å²) in [6.07, 6.45) is 9.35. The minimum Gasteiger partial charge on any atom is -0.453 e. The van der Waals surface area contributed by atoms with Gasteiger partial charge in [0.25, 0.3) is 0 Å². The summed E-state index contributed by atoms with van der Waals surface area (Å²) in [4.78, 5) is 69.3. The Morgan fingerprint density at radius 3 is 1.70 bits per heavy atom. The van der Waals surface area contributed by atoms with Crippen molar-refractivity contribution in [2.75, 3.05) is 53.7 Å². The zero-order chi connectivity index (χ0) is 41.6. The first kappa shape index (κ1) is 41.2. The van der Waals surface area contributed by atoms with Crippen LogP contribution in [-0.2, 0) is 28.5 Å². The van der Waals surface area contributed by atoms with E-state index >= 15 is 0 Å². The number of hydrogen-bond donors (Lipinski definition) is 3. The molecule has 0 aliphatic carbocycles. The van der Waals surface area contributed by atoms with Crippen LogP contribution in [-0.4, -0.2) is 121 Å². The number of carbonyl (C=O) groups is 4. The summed E-state index contributed by atoms with van der Waals surface area (Å²) in [6.45, 7) is 3.49. The number of rotatable bonds is 11. The van der Waals surface area contributed by atoms with Crippen LogP contribution >= 0.6 is 0 Å². The van der Waals surface area contributed by atoms with Crippen LogP contribution in [0.5, 0.6) is 0 Å². The highest BCUT2D eigenvalue weighted by Gasteiger charge is 2.42. The Balaban J connectivity index is 0.886. The monoisotopic (exact) mass is 821 g/mol. The van der Waals surface area contributed by atoms with Gasteiger partial charge < -0.3 is 44.4 Å². The van der Waals surface area contributed by atoms with Crippen LogP contribution in [0.25, 0.3) is 28.0 Å². The molecule has 2 unspecified atom stereocenters. The van der Waals surface area contributed by atoms with Gasteiger partial charge in [-0.05, 0) is 91.0 Å². The van der Waals surface area contributed by atoms with E-state index in [4.69, 9.17) is 28.9 Å². The second kappa shape index (κ2) is 18.8. The van der Waals surface area contributed by atoms with Crippen molar-refractivity contribution >= 4 is 35.3 Å². The van der Waals surface area contributed by atoms with Crippen molar-refractivity contribution in [3.8, 4) is 22.4 Å². The number of hydrogen-bond acceptors (Lipinski definition) is 10. The number of nitrogens with zero attached hydrogens (tertiary/aromatic N) is 4. The van der Waals surface area contributed by atoms with E-state index < -0.39 is 24.3 Å². The molecule has 0 spiro atoms. The van der Waals surface area contributed by atoms with Crippen LogP contribution in [0.15, 0.2) is 65.9 Å². The fourth-order valence-electron chi connectivity index (χ4n) is 9.48. The third-order valence-corrected chi connectivity index (χ3v) is 12.8. The number of imidazole rings is 1. The van der Waals surface area contributed by atoms with Crippen LogP contribution in [0.1, 0.15) is 75.2 Å². The minimum absolute atomic E-state index is 0.00804. The van der Waals surface area contributed by atoms with Gasteiger partial charge in [0, 0.05) is 57.8 Å². The van der Waals surface area contributed by atoms with Crippen LogP contribution in [0.4, 0.5) is 9.59 Å². The Bertz CT molecular complexity index is 2070. The largest absolute Gasteiger partial charge is 0.453 e. The first-order valence-corrected chi connectivity index (χ1v) is 21.3. The molecule has 1 aromatic heterocycles. The summed E-state index contributed by atoms with van der Waals surface area (Å²) in [5.41, 5.74) is 7.18. The standard InChI is InChI=1S/C45H55N7O8/c1-57-44(55)49-39(32-15-21-59-22-16-32)42(53)51-19-3-5-37(51)35-25-34(26-46-35)30-9-7-28(8-10-30)29-11-13-31(14-12-29)36-27-47-41(48-36)38-6-4-20-52(38)43(54)40(50-45(56)58-2)33-17-23-60-24-18-33/h7-14,26-27,32-33,37-40H,3-6,15-25H2,1-2H3,(H,47,48)(H,49,55)(H,50,56)/t37-,38?,39-,40?/m0/s1. The molecule has 4 fully saturated rings. The summed E-state index contributed by atoms with van der Waals surface area (Å²) in [5.74, 6) is 0.509. The second-order valence-electron chi connectivity index (χ2n) is 16.3. The number of H-pyrrole nitrogens is 1. The number of alkyl carbamates (subject to hydrolysis) is 2. The third-order valence-electron chi connectivity index (χ3n) is 12.8. The Kier molecular flexibility index (Phi) is 12.9. The lowest BCUT2D eigenvalue weighted by Gasteiger charge is -2.34. The van der Waals surface area contributed by atoms with Crippen LogP contribution < -0.4 is 10.6 Å². The lowest BCUT2D eigenvalue weighted by Crippen LogP contribution is -2.55. The highest BCUT2D eigenvalue weighted by atomic mass is 16.5. The average Bonchev–Trinajstić information content (AvgIpc) is 4.15. The predicted octanol–water partition coefficient (Wildman–Crippen LogP) is 5.89. The quantitative estimate of drug-likeness (QED) is 0.213. The van der Waals surface area contributed by atoms with Gasteiger partial charge in [-0.2, -0.15) is 0 Å². The molecule has 60 heavy (non-hydrogen) atoms. The molecule has 4 saturated heterocycles. The molecule has 0 saturated carbocycles. The van der Waals surface area contributed by atoms with E-state index in [1.807, 2.05) is 22.2 Å². The van der Waals surface area contributed by atoms with Crippen molar-refractivity contribution in [1.29, 1.82) is 0 Å². The Labute approximate surface area is 350 Å². The first-order chi connectivity index (χ1) is 29.3. The predicted molar refractivity (Wildman–Crippen MR) is 224 cm³/mol. The molecule has 3 N–H and O–H groups in total. The first-order valence-electron chi connectivity index (χ1n) is 21.3. The molecule has 318 valence electrons. The molecule has 0 bridgehead atoms. The van der Waals surface area contributed by atoms with Gasteiger partial charge in [0.15, 0.2) is 0 Å². The summed E-state index contributed by atoms with van der Waals surface area (Å²) < 4.78 is 20.8. The number of nitrogens with one attached hydrogen (secondary N) is 3. The number of allylic oxidation sites excluding steroid dienone is 1. The minimum atomic E-state index is -0.682. The normalized spacial score (nSPS) is 22.2. The van der Waals surface area contributed by atoms with Gasteiger partial charge in [-0.25, -0.2) is 14.6 Å². The zero-order valence-corrected chi connectivity index (χ0v) is 34.4. The van der Waals surface area contributed by atoms with E-state index in [-0.39, 0.29) is 35.7 Å². The van der Waals surface area contributed by atoms with E-state index in [9.17, 15) is 19.2 Å². The molecule has 3 aromatic rings. The number of aromatic amines is 1. The number of aromatic nitrogens is 2. The van der Waals surface area contributed by atoms with Crippen LogP contribution in [0.2, 0.25) is 0 Å². The SMILES string of the molecule is COC(=O)NC(C(=O)N1CCCC1c1ncc(-c2ccc(-c3ccc(C4=CN=C([C@@H]5CCCN5C(=O)[C@@H](NC(=O)OC)C5CCOCC5)C4)cc3)cc2)[nH]1)C1CCOCC1. The summed E-state index contributed by atoms with van der Waals surface area (Å²) >= 11 is 0. The molecular formula is C45H55N7O8. The summed E-state index contributed by atoms with van der Waals surface area (Å²) in [7, 11) is 2.63. The summed E-state index contributed by atoms with van der Waals surface area (Å²) in [6, 6.07) is 15.1. The second-order valence-corrected chi connectivity index (χ2v) is 16.3. The molecule has 0 radical (unpaired) electrons. The van der Waals surface area contributed by atoms with Gasteiger partial charge in [-0.3, -0.25) is 14.6 Å². The summed E-state index contributed by atoms with van der Waals surface area (Å²) in [5, 5.41) is 5.64. The zero-order valence-electron chi connectivity index (χ0n) is 34.4. The van der Waals surface area contributed by atoms with Crippen molar-refractivity contribution in [2.45, 2.75) is 82.0 Å². The Hall–Kier alpha value is -5.54. The molecule has 4 amide bonds. The molecule has 4 atom stereocenters. The topological polar surface area (TPSA) is 177 Å². The lowest BCUT2D eigenvalue weighted by atomic mass is 9.90. The Morgan fingerprint density at radius 1 is 0.683 bits per heavy atom. The molecule has 5 aliphatic heterocycles. The van der Waals surface area contributed by atoms with Gasteiger partial charge in [0.05, 0.1) is 38.2 Å². The highest BCUT2D eigenvalue weighted by Crippen LogP contribution is 2.36. The molecule has 8 rings (SSSR count). The van der Waals surface area contributed by atoms with Gasteiger partial charge in [0.2, 0.25) is 11.8 Å². The third kappa shape index (κ3) is 8.97. The maximum absolute atomic E-state index is 14.0. The van der Waals surface area contributed by atoms with E-state index in [1.165, 1.54) is 14.2 Å². The Morgan fingerprint density at radius 2 is 1.17 bits per heavy atom. The molecule has 15 nitrogen and oxygen atoms in total. The molecule has 5 aliphatic rings. The fraction of sp³-hybridized carbons (Fsp3) is 0.511. The van der Waals surface area contributed by atoms with Gasteiger partial charge in [0.1, 0.15) is 17.9 Å². The van der Waals surface area contributed by atoms with E-state index in [0.717, 1.165) is 70.7 Å². The number of benzene rings is 2. The molecule has 6 heterocycles. The van der Waals surface area contributed by atoms with Crippen molar-refractivity contribution in [1.82, 2.24) is 30.4 Å². The fourth-order valence-corrected chi connectivity index (χ4v) is 9.48. The number of carbonyl (C=O) groups excluding carboxylic acids is 4. The van der Waals surface area contributed by atoms with Gasteiger partial charge in [-0.15, -0.1) is 0 Å².